The number of benzene rings is 1. The van der Waals surface area contributed by atoms with Crippen LogP contribution in [0.2, 0.25) is 0 Å². The Hall–Kier alpha value is -2.04. The van der Waals surface area contributed by atoms with Crippen LogP contribution in [0.25, 0.3) is 11.0 Å². The first-order chi connectivity index (χ1) is 8.63. The number of carbonyl (C=O) groups is 1. The van der Waals surface area contributed by atoms with Crippen molar-refractivity contribution < 1.29 is 4.79 Å². The summed E-state index contributed by atoms with van der Waals surface area (Å²) in [6, 6.07) is 5.83. The summed E-state index contributed by atoms with van der Waals surface area (Å²) in [6.07, 6.45) is 0.922. The van der Waals surface area contributed by atoms with Crippen molar-refractivity contribution >= 4 is 22.9 Å². The van der Waals surface area contributed by atoms with Gasteiger partial charge in [-0.3, -0.25) is 4.79 Å². The number of fused-ring (bicyclic) bond motifs is 1. The first-order valence-electron chi connectivity index (χ1n) is 6.11. The number of imidazole rings is 1. The van der Waals surface area contributed by atoms with Crippen molar-refractivity contribution in [2.45, 2.75) is 26.8 Å². The Labute approximate surface area is 106 Å². The van der Waals surface area contributed by atoms with Crippen molar-refractivity contribution in [3.05, 3.63) is 23.8 Å². The second kappa shape index (κ2) is 5.08. The van der Waals surface area contributed by atoms with E-state index in [1.165, 1.54) is 0 Å². The maximum atomic E-state index is 11.8. The molecule has 1 amide bonds. The molecule has 1 heterocycles. The van der Waals surface area contributed by atoms with Crippen LogP contribution >= 0.6 is 0 Å². The molecule has 1 aromatic carbocycles. The van der Waals surface area contributed by atoms with Gasteiger partial charge in [0.15, 0.2) is 0 Å². The van der Waals surface area contributed by atoms with E-state index in [1.54, 1.807) is 4.57 Å². The molecule has 0 aliphatic carbocycles. The molecule has 0 unspecified atom stereocenters. The van der Waals surface area contributed by atoms with Gasteiger partial charge in [-0.15, -0.1) is 0 Å². The molecule has 5 nitrogen and oxygen atoms in total. The Kier molecular flexibility index (Phi) is 3.50. The number of anilines is 1. The predicted octanol–water partition coefficient (Wildman–Crippen LogP) is 1.45. The Morgan fingerprint density at radius 3 is 3.00 bits per heavy atom. The number of rotatable bonds is 4. The fourth-order valence-electron chi connectivity index (χ4n) is 2.01. The quantitative estimate of drug-likeness (QED) is 0.857. The minimum Gasteiger partial charge on any atom is -0.369 e. The molecular weight excluding hydrogens is 228 g/mol. The van der Waals surface area contributed by atoms with E-state index in [0.717, 1.165) is 23.0 Å². The van der Waals surface area contributed by atoms with E-state index in [0.29, 0.717) is 12.5 Å². The molecule has 5 heteroatoms. The number of hydrogen-bond donors (Lipinski definition) is 2. The summed E-state index contributed by atoms with van der Waals surface area (Å²) in [5.41, 5.74) is 8.70. The van der Waals surface area contributed by atoms with Gasteiger partial charge < -0.3 is 15.6 Å². The largest absolute Gasteiger partial charge is 0.369 e. The molecule has 0 saturated heterocycles. The van der Waals surface area contributed by atoms with Crippen LogP contribution in [0.5, 0.6) is 0 Å². The SMILES string of the molecule is CCCNC(=O)Cn1c(N)nc2cccc(C)c21. The molecule has 2 rings (SSSR count). The third-order valence-electron chi connectivity index (χ3n) is 2.87. The third kappa shape index (κ3) is 2.30. The van der Waals surface area contributed by atoms with Gasteiger partial charge in [0, 0.05) is 6.54 Å². The molecule has 0 aliphatic rings. The van der Waals surface area contributed by atoms with Gasteiger partial charge in [-0.05, 0) is 25.0 Å². The van der Waals surface area contributed by atoms with Crippen LogP contribution in [-0.2, 0) is 11.3 Å². The van der Waals surface area contributed by atoms with Crippen LogP contribution in [0.3, 0.4) is 0 Å². The predicted molar refractivity (Wildman–Crippen MR) is 72.2 cm³/mol. The lowest BCUT2D eigenvalue weighted by Gasteiger charge is -2.08. The number of nitrogens with one attached hydrogen (secondary N) is 1. The number of nitrogens with two attached hydrogens (primary N) is 1. The normalized spacial score (nSPS) is 10.8. The first-order valence-corrected chi connectivity index (χ1v) is 6.11. The van der Waals surface area contributed by atoms with E-state index < -0.39 is 0 Å². The topological polar surface area (TPSA) is 72.9 Å². The average Bonchev–Trinajstić information content (AvgIpc) is 2.65. The lowest BCUT2D eigenvalue weighted by molar-refractivity contribution is -0.121. The summed E-state index contributed by atoms with van der Waals surface area (Å²) in [4.78, 5) is 16.0. The molecule has 18 heavy (non-hydrogen) atoms. The van der Waals surface area contributed by atoms with Crippen molar-refractivity contribution in [1.29, 1.82) is 0 Å². The van der Waals surface area contributed by atoms with Gasteiger partial charge in [-0.25, -0.2) is 4.98 Å². The van der Waals surface area contributed by atoms with Crippen LogP contribution < -0.4 is 11.1 Å². The van der Waals surface area contributed by atoms with Gasteiger partial charge in [0.1, 0.15) is 6.54 Å². The van der Waals surface area contributed by atoms with E-state index in [1.807, 2.05) is 32.0 Å². The Morgan fingerprint density at radius 1 is 1.50 bits per heavy atom. The zero-order chi connectivity index (χ0) is 13.1. The molecule has 2 aromatic rings. The molecular formula is C13H18N4O. The van der Waals surface area contributed by atoms with Crippen molar-refractivity contribution in [2.75, 3.05) is 12.3 Å². The van der Waals surface area contributed by atoms with E-state index in [-0.39, 0.29) is 12.5 Å². The molecule has 3 N–H and O–H groups in total. The fraction of sp³-hybridized carbons (Fsp3) is 0.385. The van der Waals surface area contributed by atoms with Crippen LogP contribution in [0.1, 0.15) is 18.9 Å². The van der Waals surface area contributed by atoms with Gasteiger partial charge in [0.05, 0.1) is 11.0 Å². The van der Waals surface area contributed by atoms with Crippen molar-refractivity contribution in [1.82, 2.24) is 14.9 Å². The molecule has 0 atom stereocenters. The lowest BCUT2D eigenvalue weighted by atomic mass is 10.2. The maximum Gasteiger partial charge on any atom is 0.240 e. The molecule has 0 bridgehead atoms. The zero-order valence-electron chi connectivity index (χ0n) is 10.7. The highest BCUT2D eigenvalue weighted by Crippen LogP contribution is 2.20. The number of amides is 1. The van der Waals surface area contributed by atoms with E-state index in [2.05, 4.69) is 10.3 Å². The number of aryl methyl sites for hydroxylation is 1. The third-order valence-corrected chi connectivity index (χ3v) is 2.87. The Morgan fingerprint density at radius 2 is 2.28 bits per heavy atom. The van der Waals surface area contributed by atoms with Crippen molar-refractivity contribution in [2.24, 2.45) is 0 Å². The number of nitrogens with zero attached hydrogens (tertiary/aromatic N) is 2. The van der Waals surface area contributed by atoms with Crippen molar-refractivity contribution in [3.8, 4) is 0 Å². The minimum absolute atomic E-state index is 0.0360. The molecule has 0 aliphatic heterocycles. The average molecular weight is 246 g/mol. The summed E-state index contributed by atoms with van der Waals surface area (Å²) < 4.78 is 1.76. The Bertz CT molecular complexity index is 574. The highest BCUT2D eigenvalue weighted by Gasteiger charge is 2.12. The molecule has 1 aromatic heterocycles. The number of carbonyl (C=O) groups excluding carboxylic acids is 1. The summed E-state index contributed by atoms with van der Waals surface area (Å²) in [7, 11) is 0. The summed E-state index contributed by atoms with van der Waals surface area (Å²) >= 11 is 0. The molecule has 0 saturated carbocycles. The number of nitrogen functional groups attached to an aromatic ring is 1. The number of para-hydroxylation sites is 1. The fourth-order valence-corrected chi connectivity index (χ4v) is 2.01. The van der Waals surface area contributed by atoms with Gasteiger partial charge in [0.2, 0.25) is 11.9 Å². The minimum atomic E-state index is -0.0360. The maximum absolute atomic E-state index is 11.8. The summed E-state index contributed by atoms with van der Waals surface area (Å²) in [5, 5.41) is 2.84. The summed E-state index contributed by atoms with van der Waals surface area (Å²) in [6.45, 7) is 4.91. The van der Waals surface area contributed by atoms with E-state index in [9.17, 15) is 4.79 Å². The lowest BCUT2D eigenvalue weighted by Crippen LogP contribution is -2.28. The highest BCUT2D eigenvalue weighted by atomic mass is 16.1. The smallest absolute Gasteiger partial charge is 0.240 e. The molecule has 0 radical (unpaired) electrons. The van der Waals surface area contributed by atoms with E-state index >= 15 is 0 Å². The number of aromatic nitrogens is 2. The zero-order valence-corrected chi connectivity index (χ0v) is 10.7. The highest BCUT2D eigenvalue weighted by molar-refractivity contribution is 5.84. The van der Waals surface area contributed by atoms with Gasteiger partial charge in [-0.2, -0.15) is 0 Å². The second-order valence-electron chi connectivity index (χ2n) is 4.35. The van der Waals surface area contributed by atoms with Gasteiger partial charge in [0.25, 0.3) is 0 Å². The van der Waals surface area contributed by atoms with Crippen LogP contribution in [0.4, 0.5) is 5.95 Å². The van der Waals surface area contributed by atoms with E-state index in [4.69, 9.17) is 5.73 Å². The molecule has 0 fully saturated rings. The second-order valence-corrected chi connectivity index (χ2v) is 4.35. The number of hydrogen-bond acceptors (Lipinski definition) is 3. The van der Waals surface area contributed by atoms with Gasteiger partial charge in [-0.1, -0.05) is 19.1 Å². The monoisotopic (exact) mass is 246 g/mol. The summed E-state index contributed by atoms with van der Waals surface area (Å²) in [5.74, 6) is 0.344. The van der Waals surface area contributed by atoms with Crippen LogP contribution in [0.15, 0.2) is 18.2 Å². The van der Waals surface area contributed by atoms with Crippen LogP contribution in [0, 0.1) is 6.92 Å². The first kappa shape index (κ1) is 12.4. The molecule has 0 spiro atoms. The molecule has 96 valence electrons. The standard InChI is InChI=1S/C13H18N4O/c1-3-7-15-11(18)8-17-12-9(2)5-4-6-10(12)16-13(17)14/h4-6H,3,7-8H2,1-2H3,(H2,14,16)(H,15,18). The van der Waals surface area contributed by atoms with Crippen molar-refractivity contribution in [3.63, 3.8) is 0 Å². The van der Waals surface area contributed by atoms with Crippen LogP contribution in [-0.4, -0.2) is 22.0 Å². The van der Waals surface area contributed by atoms with Gasteiger partial charge >= 0.3 is 0 Å². The Balaban J connectivity index is 2.32.